The number of aliphatic hydroxyl groups is 1. The van der Waals surface area contributed by atoms with Crippen LogP contribution in [0.15, 0.2) is 48.5 Å². The minimum atomic E-state index is -1.09. The SMILES string of the molecule is CCc1ccc([C@@]2(O)CN(c3ccc([N+](=O)[O-])cc3)C3=[N+]2CCCCC3)cc1. The van der Waals surface area contributed by atoms with Crippen molar-refractivity contribution in [1.82, 2.24) is 0 Å². The summed E-state index contributed by atoms with van der Waals surface area (Å²) >= 11 is 0. The first kappa shape index (κ1) is 18.6. The molecule has 0 saturated carbocycles. The number of nitro benzene ring substituents is 1. The highest BCUT2D eigenvalue weighted by Crippen LogP contribution is 2.35. The molecule has 6 heteroatoms. The lowest BCUT2D eigenvalue weighted by Gasteiger charge is -2.23. The van der Waals surface area contributed by atoms with Crippen molar-refractivity contribution in [1.29, 1.82) is 0 Å². The molecule has 1 atom stereocenters. The normalized spacial score (nSPS) is 22.1. The van der Waals surface area contributed by atoms with Crippen molar-refractivity contribution in [2.45, 2.75) is 44.8 Å². The van der Waals surface area contributed by atoms with Gasteiger partial charge >= 0.3 is 0 Å². The number of aryl methyl sites for hydroxylation is 1. The van der Waals surface area contributed by atoms with Crippen molar-refractivity contribution in [2.24, 2.45) is 0 Å². The van der Waals surface area contributed by atoms with Crippen molar-refractivity contribution in [2.75, 3.05) is 18.0 Å². The largest absolute Gasteiger partial charge is 0.346 e. The third kappa shape index (κ3) is 3.18. The molecule has 0 bridgehead atoms. The molecule has 2 aromatic rings. The van der Waals surface area contributed by atoms with Crippen LogP contribution in [-0.2, 0) is 12.1 Å². The van der Waals surface area contributed by atoms with Crippen LogP contribution in [0.1, 0.15) is 43.7 Å². The summed E-state index contributed by atoms with van der Waals surface area (Å²) in [6.07, 6.45) is 5.13. The monoisotopic (exact) mass is 380 g/mol. The van der Waals surface area contributed by atoms with Gasteiger partial charge in [0, 0.05) is 24.1 Å². The van der Waals surface area contributed by atoms with Crippen LogP contribution in [0.3, 0.4) is 0 Å². The molecular formula is C22H26N3O3+. The van der Waals surface area contributed by atoms with Gasteiger partial charge in [0.1, 0.15) is 5.69 Å². The zero-order valence-corrected chi connectivity index (χ0v) is 16.2. The number of benzene rings is 2. The van der Waals surface area contributed by atoms with E-state index < -0.39 is 5.72 Å². The third-order valence-corrected chi connectivity index (χ3v) is 5.93. The first-order chi connectivity index (χ1) is 13.5. The van der Waals surface area contributed by atoms with E-state index in [1.165, 1.54) is 17.7 Å². The summed E-state index contributed by atoms with van der Waals surface area (Å²) in [4.78, 5) is 12.7. The summed E-state index contributed by atoms with van der Waals surface area (Å²) in [5.74, 6) is 1.11. The van der Waals surface area contributed by atoms with Crippen LogP contribution < -0.4 is 4.90 Å². The molecule has 0 spiro atoms. The van der Waals surface area contributed by atoms with Gasteiger partial charge in [0.15, 0.2) is 6.54 Å². The van der Waals surface area contributed by atoms with E-state index in [0.29, 0.717) is 6.54 Å². The van der Waals surface area contributed by atoms with Crippen molar-refractivity contribution in [3.63, 3.8) is 0 Å². The maximum Gasteiger partial charge on any atom is 0.271 e. The number of nitro groups is 1. The molecule has 0 radical (unpaired) electrons. The summed E-state index contributed by atoms with van der Waals surface area (Å²) < 4.78 is 2.14. The summed E-state index contributed by atoms with van der Waals surface area (Å²) in [6, 6.07) is 14.8. The molecular weight excluding hydrogens is 354 g/mol. The van der Waals surface area contributed by atoms with Crippen molar-refractivity contribution >= 4 is 17.2 Å². The highest BCUT2D eigenvalue weighted by atomic mass is 16.6. The lowest BCUT2D eigenvalue weighted by molar-refractivity contribution is -0.658. The van der Waals surface area contributed by atoms with Crippen molar-refractivity contribution in [3.05, 3.63) is 69.8 Å². The van der Waals surface area contributed by atoms with Crippen LogP contribution in [0.2, 0.25) is 0 Å². The molecule has 1 N–H and O–H groups in total. The van der Waals surface area contributed by atoms with Crippen molar-refractivity contribution in [3.8, 4) is 0 Å². The molecule has 0 amide bonds. The Hall–Kier alpha value is -2.73. The van der Waals surface area contributed by atoms with Crippen LogP contribution in [-0.4, -0.2) is 33.5 Å². The molecule has 4 rings (SSSR count). The number of β-amino-alcohol motifs (C(OH)–C–C–N with tert-alkyl or cyclic N) is 1. The predicted molar refractivity (Wildman–Crippen MR) is 109 cm³/mol. The zero-order chi connectivity index (χ0) is 19.7. The number of anilines is 1. The third-order valence-electron chi connectivity index (χ3n) is 5.93. The van der Waals surface area contributed by atoms with Gasteiger partial charge < -0.3 is 5.11 Å². The van der Waals surface area contributed by atoms with Crippen LogP contribution >= 0.6 is 0 Å². The molecule has 0 unspecified atom stereocenters. The summed E-state index contributed by atoms with van der Waals surface area (Å²) in [5.41, 5.74) is 2.02. The second kappa shape index (κ2) is 7.36. The Kier molecular flexibility index (Phi) is 4.89. The molecule has 2 aromatic carbocycles. The first-order valence-electron chi connectivity index (χ1n) is 10.00. The van der Waals surface area contributed by atoms with Gasteiger partial charge in [0.2, 0.25) is 0 Å². The maximum atomic E-state index is 11.8. The lowest BCUT2D eigenvalue weighted by atomic mass is 9.99. The average Bonchev–Trinajstić information content (AvgIpc) is 2.87. The number of rotatable bonds is 4. The van der Waals surface area contributed by atoms with E-state index >= 15 is 0 Å². The Morgan fingerprint density at radius 1 is 1.11 bits per heavy atom. The van der Waals surface area contributed by atoms with Crippen LogP contribution in [0.25, 0.3) is 0 Å². The Balaban J connectivity index is 1.74. The molecule has 0 saturated heterocycles. The van der Waals surface area contributed by atoms with Crippen LogP contribution in [0.4, 0.5) is 11.4 Å². The van der Waals surface area contributed by atoms with E-state index in [9.17, 15) is 15.2 Å². The molecule has 0 aromatic heterocycles. The fourth-order valence-electron chi connectivity index (χ4n) is 4.32. The predicted octanol–water partition coefficient (Wildman–Crippen LogP) is 3.81. The molecule has 2 heterocycles. The zero-order valence-electron chi connectivity index (χ0n) is 16.2. The highest BCUT2D eigenvalue weighted by Gasteiger charge is 2.51. The minimum absolute atomic E-state index is 0.0797. The van der Waals surface area contributed by atoms with E-state index in [-0.39, 0.29) is 10.6 Å². The number of hydrogen-bond donors (Lipinski definition) is 1. The average molecular weight is 380 g/mol. The molecule has 0 aliphatic carbocycles. The van der Waals surface area contributed by atoms with Gasteiger partial charge in [-0.2, -0.15) is 0 Å². The van der Waals surface area contributed by atoms with E-state index in [1.807, 2.05) is 12.1 Å². The molecule has 146 valence electrons. The molecule has 6 nitrogen and oxygen atoms in total. The van der Waals surface area contributed by atoms with Gasteiger partial charge in [0.05, 0.1) is 11.5 Å². The molecule has 0 fully saturated rings. The van der Waals surface area contributed by atoms with Crippen LogP contribution in [0, 0.1) is 10.1 Å². The molecule has 2 aliphatic rings. The second-order valence-corrected chi connectivity index (χ2v) is 7.61. The minimum Gasteiger partial charge on any atom is -0.346 e. The summed E-state index contributed by atoms with van der Waals surface area (Å²) in [6.45, 7) is 3.35. The van der Waals surface area contributed by atoms with Gasteiger partial charge in [-0.1, -0.05) is 31.2 Å². The van der Waals surface area contributed by atoms with Gasteiger partial charge in [-0.15, -0.1) is 0 Å². The molecule has 2 aliphatic heterocycles. The number of nitrogens with zero attached hydrogens (tertiary/aromatic N) is 3. The lowest BCUT2D eigenvalue weighted by Crippen LogP contribution is -2.41. The van der Waals surface area contributed by atoms with E-state index in [2.05, 4.69) is 28.5 Å². The van der Waals surface area contributed by atoms with E-state index in [1.54, 1.807) is 12.1 Å². The number of non-ortho nitro benzene ring substituents is 1. The van der Waals surface area contributed by atoms with E-state index in [4.69, 9.17) is 0 Å². The fourth-order valence-corrected chi connectivity index (χ4v) is 4.32. The number of hydrogen-bond acceptors (Lipinski definition) is 4. The quantitative estimate of drug-likeness (QED) is 0.497. The second-order valence-electron chi connectivity index (χ2n) is 7.61. The maximum absolute atomic E-state index is 11.8. The smallest absolute Gasteiger partial charge is 0.271 e. The van der Waals surface area contributed by atoms with Gasteiger partial charge in [-0.3, -0.25) is 10.1 Å². The van der Waals surface area contributed by atoms with Gasteiger partial charge in [0.25, 0.3) is 17.2 Å². The van der Waals surface area contributed by atoms with Crippen molar-refractivity contribution < 1.29 is 14.6 Å². The Morgan fingerprint density at radius 3 is 2.46 bits per heavy atom. The molecule has 28 heavy (non-hydrogen) atoms. The standard InChI is InChI=1S/C22H26N3O3/c1-2-17-7-9-18(10-8-17)22(26)16-23(21-6-4-3-5-15-24(21)22)19-11-13-20(14-12-19)25(27)28/h7-14,26H,2-6,15-16H2,1H3/q+1/t22-/m0/s1. The topological polar surface area (TPSA) is 69.6 Å². The number of amidine groups is 1. The first-order valence-corrected chi connectivity index (χ1v) is 10.00. The Bertz CT molecular complexity index is 906. The Labute approximate surface area is 164 Å². The fraction of sp³-hybridized carbons (Fsp3) is 0.409. The van der Waals surface area contributed by atoms with Crippen LogP contribution in [0.5, 0.6) is 0 Å². The summed E-state index contributed by atoms with van der Waals surface area (Å²) in [7, 11) is 0. The van der Waals surface area contributed by atoms with E-state index in [0.717, 1.165) is 55.7 Å². The summed E-state index contributed by atoms with van der Waals surface area (Å²) in [5, 5.41) is 22.8. The highest BCUT2D eigenvalue weighted by molar-refractivity contribution is 5.96. The van der Waals surface area contributed by atoms with Gasteiger partial charge in [-0.25, -0.2) is 9.48 Å². The Morgan fingerprint density at radius 2 is 1.82 bits per heavy atom. The van der Waals surface area contributed by atoms with Gasteiger partial charge in [-0.05, 0) is 43.4 Å².